The first-order valence-corrected chi connectivity index (χ1v) is 8.32. The largest absolute Gasteiger partial charge is 0.495 e. The fourth-order valence-electron chi connectivity index (χ4n) is 2.95. The number of alkyl halides is 3. The first kappa shape index (κ1) is 18.1. The van der Waals surface area contributed by atoms with Gasteiger partial charge in [0.25, 0.3) is 0 Å². The summed E-state index contributed by atoms with van der Waals surface area (Å²) in [4.78, 5) is 2.19. The summed E-state index contributed by atoms with van der Waals surface area (Å²) in [6, 6.07) is 13.2. The molecule has 1 aliphatic rings. The highest BCUT2D eigenvalue weighted by molar-refractivity contribution is 5.81. The number of hydrogen-bond acceptors (Lipinski definition) is 4. The number of benzene rings is 2. The molecule has 1 fully saturated rings. The SMILES string of the molecule is COc1ccccc1N1CCN(/N=C/c2ccccc2C(F)(F)F)CC1. The Morgan fingerprint density at radius 3 is 2.31 bits per heavy atom. The van der Waals surface area contributed by atoms with Crippen molar-refractivity contribution in [3.63, 3.8) is 0 Å². The second-order valence-corrected chi connectivity index (χ2v) is 5.94. The molecule has 0 amide bonds. The number of rotatable bonds is 4. The summed E-state index contributed by atoms with van der Waals surface area (Å²) in [6.07, 6.45) is -3.09. The van der Waals surface area contributed by atoms with Crippen LogP contribution in [-0.2, 0) is 6.18 Å². The molecule has 138 valence electrons. The summed E-state index contributed by atoms with van der Waals surface area (Å²) in [6.45, 7) is 2.70. The average molecular weight is 363 g/mol. The van der Waals surface area contributed by atoms with E-state index in [1.165, 1.54) is 18.3 Å². The molecule has 0 atom stereocenters. The van der Waals surface area contributed by atoms with Crippen molar-refractivity contribution in [1.29, 1.82) is 0 Å². The number of ether oxygens (including phenoxy) is 1. The monoisotopic (exact) mass is 363 g/mol. The van der Waals surface area contributed by atoms with E-state index in [1.54, 1.807) is 18.2 Å². The minimum absolute atomic E-state index is 0.0761. The van der Waals surface area contributed by atoms with Crippen molar-refractivity contribution in [2.75, 3.05) is 38.2 Å². The molecule has 0 aliphatic carbocycles. The smallest absolute Gasteiger partial charge is 0.417 e. The Balaban J connectivity index is 1.66. The van der Waals surface area contributed by atoms with E-state index < -0.39 is 11.7 Å². The number of methoxy groups -OCH3 is 1. The van der Waals surface area contributed by atoms with E-state index in [0.717, 1.165) is 30.6 Å². The predicted octanol–water partition coefficient (Wildman–Crippen LogP) is 3.87. The number of hydrogen-bond donors (Lipinski definition) is 0. The Kier molecular flexibility index (Phi) is 5.35. The van der Waals surface area contributed by atoms with Crippen LogP contribution in [0.1, 0.15) is 11.1 Å². The molecule has 2 aromatic carbocycles. The van der Waals surface area contributed by atoms with Gasteiger partial charge in [0.05, 0.1) is 37.7 Å². The van der Waals surface area contributed by atoms with E-state index in [4.69, 9.17) is 4.74 Å². The Morgan fingerprint density at radius 2 is 1.62 bits per heavy atom. The summed E-state index contributed by atoms with van der Waals surface area (Å²) in [5.41, 5.74) is 0.421. The Morgan fingerprint density at radius 1 is 0.962 bits per heavy atom. The highest BCUT2D eigenvalue weighted by Crippen LogP contribution is 2.31. The molecular weight excluding hydrogens is 343 g/mol. The van der Waals surface area contributed by atoms with Crippen molar-refractivity contribution in [1.82, 2.24) is 5.01 Å². The lowest BCUT2D eigenvalue weighted by Gasteiger charge is -2.35. The standard InChI is InChI=1S/C19H20F3N3O/c1-26-18-9-5-4-8-17(18)24-10-12-25(13-11-24)23-14-15-6-2-3-7-16(15)19(20,21)22/h2-9,14H,10-13H2,1H3/b23-14+. The van der Waals surface area contributed by atoms with Crippen LogP contribution >= 0.6 is 0 Å². The van der Waals surface area contributed by atoms with E-state index in [1.807, 2.05) is 24.3 Å². The van der Waals surface area contributed by atoms with Crippen molar-refractivity contribution in [3.05, 3.63) is 59.7 Å². The minimum Gasteiger partial charge on any atom is -0.495 e. The maximum Gasteiger partial charge on any atom is 0.417 e. The lowest BCUT2D eigenvalue weighted by molar-refractivity contribution is -0.137. The first-order valence-electron chi connectivity index (χ1n) is 8.32. The fourth-order valence-corrected chi connectivity index (χ4v) is 2.95. The van der Waals surface area contributed by atoms with Crippen molar-refractivity contribution < 1.29 is 17.9 Å². The molecule has 4 nitrogen and oxygen atoms in total. The molecule has 7 heteroatoms. The Bertz CT molecular complexity index is 769. The molecule has 0 radical (unpaired) electrons. The molecule has 0 aromatic heterocycles. The quantitative estimate of drug-likeness (QED) is 0.772. The van der Waals surface area contributed by atoms with Crippen LogP contribution in [0.3, 0.4) is 0 Å². The van der Waals surface area contributed by atoms with Crippen LogP contribution in [0.2, 0.25) is 0 Å². The van der Waals surface area contributed by atoms with E-state index >= 15 is 0 Å². The minimum atomic E-state index is -4.38. The van der Waals surface area contributed by atoms with E-state index in [9.17, 15) is 13.2 Å². The normalized spacial score (nSPS) is 15.5. The molecule has 3 rings (SSSR count). The van der Waals surface area contributed by atoms with E-state index in [0.29, 0.717) is 13.1 Å². The second-order valence-electron chi connectivity index (χ2n) is 5.94. The lowest BCUT2D eigenvalue weighted by atomic mass is 10.1. The molecule has 0 N–H and O–H groups in total. The molecule has 0 saturated carbocycles. The lowest BCUT2D eigenvalue weighted by Crippen LogP contribution is -2.44. The second kappa shape index (κ2) is 7.68. The third-order valence-corrected chi connectivity index (χ3v) is 4.31. The molecular formula is C19H20F3N3O. The van der Waals surface area contributed by atoms with Crippen LogP contribution in [0.25, 0.3) is 0 Å². The number of anilines is 1. The fraction of sp³-hybridized carbons (Fsp3) is 0.316. The molecule has 1 saturated heterocycles. The molecule has 0 bridgehead atoms. The van der Waals surface area contributed by atoms with Gasteiger partial charge < -0.3 is 9.64 Å². The summed E-state index contributed by atoms with van der Waals surface area (Å²) in [5.74, 6) is 0.809. The summed E-state index contributed by atoms with van der Waals surface area (Å²) in [7, 11) is 1.64. The van der Waals surface area contributed by atoms with Crippen molar-refractivity contribution in [2.24, 2.45) is 5.10 Å². The van der Waals surface area contributed by atoms with Gasteiger partial charge in [0.2, 0.25) is 0 Å². The zero-order chi connectivity index (χ0) is 18.6. The van der Waals surface area contributed by atoms with Gasteiger partial charge in [-0.25, -0.2) is 0 Å². The maximum absolute atomic E-state index is 13.0. The third-order valence-electron chi connectivity index (χ3n) is 4.31. The Labute approximate surface area is 150 Å². The van der Waals surface area contributed by atoms with Crippen LogP contribution < -0.4 is 9.64 Å². The van der Waals surface area contributed by atoms with Gasteiger partial charge >= 0.3 is 6.18 Å². The van der Waals surface area contributed by atoms with Gasteiger partial charge in [-0.15, -0.1) is 0 Å². The maximum atomic E-state index is 13.0. The van der Waals surface area contributed by atoms with Gasteiger partial charge in [-0.1, -0.05) is 30.3 Å². The average Bonchev–Trinajstić information content (AvgIpc) is 2.66. The van der Waals surface area contributed by atoms with Crippen LogP contribution in [0, 0.1) is 0 Å². The highest BCUT2D eigenvalue weighted by Gasteiger charge is 2.32. The predicted molar refractivity (Wildman–Crippen MR) is 95.8 cm³/mol. The Hall–Kier alpha value is -2.70. The molecule has 1 heterocycles. The van der Waals surface area contributed by atoms with Crippen LogP contribution in [-0.4, -0.2) is 44.5 Å². The van der Waals surface area contributed by atoms with Crippen molar-refractivity contribution in [2.45, 2.75) is 6.18 Å². The molecule has 0 spiro atoms. The molecule has 2 aromatic rings. The number of para-hydroxylation sites is 2. The molecule has 0 unspecified atom stereocenters. The first-order chi connectivity index (χ1) is 12.5. The third kappa shape index (κ3) is 4.09. The van der Waals surface area contributed by atoms with Gasteiger partial charge in [-0.3, -0.25) is 5.01 Å². The van der Waals surface area contributed by atoms with Gasteiger partial charge in [-0.2, -0.15) is 18.3 Å². The van der Waals surface area contributed by atoms with Gasteiger partial charge in [0.1, 0.15) is 5.75 Å². The van der Waals surface area contributed by atoms with E-state index in [2.05, 4.69) is 10.0 Å². The highest BCUT2D eigenvalue weighted by atomic mass is 19.4. The van der Waals surface area contributed by atoms with Gasteiger partial charge in [-0.05, 0) is 18.2 Å². The van der Waals surface area contributed by atoms with Gasteiger partial charge in [0, 0.05) is 18.7 Å². The van der Waals surface area contributed by atoms with Crippen LogP contribution in [0.4, 0.5) is 18.9 Å². The zero-order valence-electron chi connectivity index (χ0n) is 14.4. The summed E-state index contributed by atoms with van der Waals surface area (Å²) < 4.78 is 44.5. The van der Waals surface area contributed by atoms with Crippen molar-refractivity contribution in [3.8, 4) is 5.75 Å². The molecule has 1 aliphatic heterocycles. The van der Waals surface area contributed by atoms with Gasteiger partial charge in [0.15, 0.2) is 0 Å². The molecule has 26 heavy (non-hydrogen) atoms. The summed E-state index contributed by atoms with van der Waals surface area (Å²) in [5, 5.41) is 6.04. The topological polar surface area (TPSA) is 28.1 Å². The van der Waals surface area contributed by atoms with Crippen molar-refractivity contribution >= 4 is 11.9 Å². The zero-order valence-corrected chi connectivity index (χ0v) is 14.4. The number of hydrazone groups is 1. The van der Waals surface area contributed by atoms with Crippen LogP contribution in [0.15, 0.2) is 53.6 Å². The number of nitrogens with zero attached hydrogens (tertiary/aromatic N) is 3. The number of halogens is 3. The summed E-state index contributed by atoms with van der Waals surface area (Å²) >= 11 is 0. The van der Waals surface area contributed by atoms with E-state index in [-0.39, 0.29) is 5.56 Å². The number of piperazine rings is 1. The van der Waals surface area contributed by atoms with Crippen LogP contribution in [0.5, 0.6) is 5.75 Å².